The Morgan fingerprint density at radius 3 is 2.70 bits per heavy atom. The van der Waals surface area contributed by atoms with Crippen molar-refractivity contribution < 1.29 is 4.79 Å². The van der Waals surface area contributed by atoms with E-state index >= 15 is 0 Å². The number of thiophene rings is 1. The van der Waals surface area contributed by atoms with E-state index in [1.165, 1.54) is 17.7 Å². The fourth-order valence-electron chi connectivity index (χ4n) is 2.60. The number of nitrogens with zero attached hydrogens (tertiary/aromatic N) is 2. The highest BCUT2D eigenvalue weighted by atomic mass is 32.1. The summed E-state index contributed by atoms with van der Waals surface area (Å²) in [7, 11) is 0. The van der Waals surface area contributed by atoms with Crippen LogP contribution in [0.5, 0.6) is 0 Å². The molecule has 0 aliphatic carbocycles. The minimum Gasteiger partial charge on any atom is -0.342 e. The molecule has 2 heterocycles. The molecule has 0 radical (unpaired) electrons. The third-order valence-corrected chi connectivity index (χ3v) is 4.53. The largest absolute Gasteiger partial charge is 0.342 e. The Kier molecular flexibility index (Phi) is 6.27. The van der Waals surface area contributed by atoms with E-state index in [0.717, 1.165) is 39.0 Å². The first-order valence-electron chi connectivity index (χ1n) is 7.43. The zero-order valence-corrected chi connectivity index (χ0v) is 12.9. The van der Waals surface area contributed by atoms with Crippen LogP contribution in [0.1, 0.15) is 30.6 Å². The van der Waals surface area contributed by atoms with Gasteiger partial charge in [0.2, 0.25) is 5.91 Å². The van der Waals surface area contributed by atoms with Gasteiger partial charge in [-0.1, -0.05) is 25.0 Å². The summed E-state index contributed by atoms with van der Waals surface area (Å²) in [6, 6.07) is 4.18. The summed E-state index contributed by atoms with van der Waals surface area (Å²) in [4.78, 5) is 17.9. The van der Waals surface area contributed by atoms with Gasteiger partial charge in [-0.25, -0.2) is 0 Å². The lowest BCUT2D eigenvalue weighted by atomic mass is 10.2. The van der Waals surface area contributed by atoms with Gasteiger partial charge in [-0.3, -0.25) is 9.69 Å². The molecule has 1 amide bonds. The maximum absolute atomic E-state index is 12.4. The van der Waals surface area contributed by atoms with Gasteiger partial charge in [-0.2, -0.15) is 0 Å². The Morgan fingerprint density at radius 2 is 2.10 bits per heavy atom. The summed E-state index contributed by atoms with van der Waals surface area (Å²) in [5, 5.41) is 2.08. The third kappa shape index (κ3) is 4.76. The Bertz CT molecular complexity index is 408. The summed E-state index contributed by atoms with van der Waals surface area (Å²) in [5.41, 5.74) is 0. The monoisotopic (exact) mass is 292 g/mol. The molecule has 0 saturated carbocycles. The van der Waals surface area contributed by atoms with Crippen molar-refractivity contribution in [3.63, 3.8) is 0 Å². The first-order valence-corrected chi connectivity index (χ1v) is 8.31. The van der Waals surface area contributed by atoms with E-state index in [1.807, 2.05) is 11.0 Å². The molecule has 1 aliphatic heterocycles. The first kappa shape index (κ1) is 15.3. The van der Waals surface area contributed by atoms with Crippen molar-refractivity contribution >= 4 is 17.2 Å². The molecule has 1 fully saturated rings. The molecule has 0 atom stereocenters. The van der Waals surface area contributed by atoms with Gasteiger partial charge in [0, 0.05) is 31.1 Å². The van der Waals surface area contributed by atoms with Gasteiger partial charge in [-0.15, -0.1) is 17.9 Å². The molecule has 1 saturated heterocycles. The van der Waals surface area contributed by atoms with Crippen LogP contribution in [0, 0.1) is 0 Å². The van der Waals surface area contributed by atoms with E-state index in [1.54, 1.807) is 11.3 Å². The Hall–Kier alpha value is -1.13. The number of hydrogen-bond donors (Lipinski definition) is 0. The molecule has 1 aromatic rings. The van der Waals surface area contributed by atoms with Gasteiger partial charge >= 0.3 is 0 Å². The number of rotatable bonds is 6. The number of hydrogen-bond acceptors (Lipinski definition) is 3. The van der Waals surface area contributed by atoms with E-state index < -0.39 is 0 Å². The van der Waals surface area contributed by atoms with E-state index in [0.29, 0.717) is 6.54 Å². The van der Waals surface area contributed by atoms with Gasteiger partial charge in [-0.05, 0) is 24.3 Å². The SMILES string of the molecule is C=CCN(CC(=O)N1CCCCCC1)Cc1cccs1. The predicted molar refractivity (Wildman–Crippen MR) is 84.8 cm³/mol. The second-order valence-electron chi connectivity index (χ2n) is 5.33. The zero-order chi connectivity index (χ0) is 14.2. The molecule has 0 N–H and O–H groups in total. The Morgan fingerprint density at radius 1 is 1.35 bits per heavy atom. The van der Waals surface area contributed by atoms with E-state index in [-0.39, 0.29) is 5.91 Å². The summed E-state index contributed by atoms with van der Waals surface area (Å²) in [6.45, 7) is 7.76. The highest BCUT2D eigenvalue weighted by Crippen LogP contribution is 2.13. The highest BCUT2D eigenvalue weighted by molar-refractivity contribution is 7.09. The molecule has 0 aromatic carbocycles. The Balaban J connectivity index is 1.89. The fourth-order valence-corrected chi connectivity index (χ4v) is 3.35. The van der Waals surface area contributed by atoms with E-state index in [9.17, 15) is 4.79 Å². The molecule has 1 aliphatic rings. The first-order chi connectivity index (χ1) is 9.79. The normalized spacial score (nSPS) is 16.1. The number of carbonyl (C=O) groups is 1. The molecule has 3 nitrogen and oxygen atoms in total. The molecule has 1 aromatic heterocycles. The van der Waals surface area contributed by atoms with Gasteiger partial charge < -0.3 is 4.90 Å². The average Bonchev–Trinajstić information content (AvgIpc) is 2.78. The van der Waals surface area contributed by atoms with Crippen LogP contribution in [-0.2, 0) is 11.3 Å². The quantitative estimate of drug-likeness (QED) is 0.752. The van der Waals surface area contributed by atoms with Crippen molar-refractivity contribution in [2.24, 2.45) is 0 Å². The van der Waals surface area contributed by atoms with Crippen molar-refractivity contribution in [2.45, 2.75) is 32.2 Å². The highest BCUT2D eigenvalue weighted by Gasteiger charge is 2.18. The number of carbonyl (C=O) groups excluding carboxylic acids is 1. The molecule has 2 rings (SSSR count). The second-order valence-corrected chi connectivity index (χ2v) is 6.36. The van der Waals surface area contributed by atoms with Crippen LogP contribution in [0.25, 0.3) is 0 Å². The smallest absolute Gasteiger partial charge is 0.236 e. The van der Waals surface area contributed by atoms with Crippen molar-refractivity contribution in [3.8, 4) is 0 Å². The summed E-state index contributed by atoms with van der Waals surface area (Å²) >= 11 is 1.74. The number of amides is 1. The molecular formula is C16H24N2OS. The van der Waals surface area contributed by atoms with Gasteiger partial charge in [0.25, 0.3) is 0 Å². The second kappa shape index (κ2) is 8.22. The molecular weight excluding hydrogens is 268 g/mol. The minimum absolute atomic E-state index is 0.269. The summed E-state index contributed by atoms with van der Waals surface area (Å²) in [5.74, 6) is 0.269. The maximum atomic E-state index is 12.4. The summed E-state index contributed by atoms with van der Waals surface area (Å²) in [6.07, 6.45) is 6.70. The molecule has 0 bridgehead atoms. The third-order valence-electron chi connectivity index (χ3n) is 3.66. The van der Waals surface area contributed by atoms with Crippen molar-refractivity contribution in [2.75, 3.05) is 26.2 Å². The van der Waals surface area contributed by atoms with Crippen LogP contribution >= 0.6 is 11.3 Å². The van der Waals surface area contributed by atoms with Crippen LogP contribution in [-0.4, -0.2) is 41.9 Å². The van der Waals surface area contributed by atoms with Gasteiger partial charge in [0.1, 0.15) is 0 Å². The molecule has 20 heavy (non-hydrogen) atoms. The number of likely N-dealkylation sites (tertiary alicyclic amines) is 1. The lowest BCUT2D eigenvalue weighted by Gasteiger charge is -2.25. The molecule has 110 valence electrons. The van der Waals surface area contributed by atoms with Crippen LogP contribution < -0.4 is 0 Å². The molecule has 0 unspecified atom stereocenters. The maximum Gasteiger partial charge on any atom is 0.236 e. The summed E-state index contributed by atoms with van der Waals surface area (Å²) < 4.78 is 0. The predicted octanol–water partition coefficient (Wildman–Crippen LogP) is 3.14. The fraction of sp³-hybridized carbons (Fsp3) is 0.562. The lowest BCUT2D eigenvalue weighted by Crippen LogP contribution is -2.40. The van der Waals surface area contributed by atoms with Crippen LogP contribution in [0.15, 0.2) is 30.2 Å². The van der Waals surface area contributed by atoms with Gasteiger partial charge in [0.05, 0.1) is 6.54 Å². The minimum atomic E-state index is 0.269. The standard InChI is InChI=1S/C16H24N2OS/c1-2-9-17(13-15-8-7-12-20-15)14-16(19)18-10-5-3-4-6-11-18/h2,7-8,12H,1,3-6,9-11,13-14H2. The topological polar surface area (TPSA) is 23.6 Å². The lowest BCUT2D eigenvalue weighted by molar-refractivity contribution is -0.132. The molecule has 4 heteroatoms. The van der Waals surface area contributed by atoms with Crippen LogP contribution in [0.3, 0.4) is 0 Å². The van der Waals surface area contributed by atoms with Crippen LogP contribution in [0.2, 0.25) is 0 Å². The average molecular weight is 292 g/mol. The van der Waals surface area contributed by atoms with Crippen molar-refractivity contribution in [1.82, 2.24) is 9.80 Å². The van der Waals surface area contributed by atoms with E-state index in [4.69, 9.17) is 0 Å². The molecule has 0 spiro atoms. The van der Waals surface area contributed by atoms with Crippen molar-refractivity contribution in [3.05, 3.63) is 35.0 Å². The zero-order valence-electron chi connectivity index (χ0n) is 12.1. The van der Waals surface area contributed by atoms with Gasteiger partial charge in [0.15, 0.2) is 0 Å². The van der Waals surface area contributed by atoms with Crippen LogP contribution in [0.4, 0.5) is 0 Å². The van der Waals surface area contributed by atoms with E-state index in [2.05, 4.69) is 29.0 Å². The Labute approximate surface area is 125 Å². The van der Waals surface area contributed by atoms with Crippen molar-refractivity contribution in [1.29, 1.82) is 0 Å².